The maximum absolute atomic E-state index is 13.0. The molecule has 0 amide bonds. The van der Waals surface area contributed by atoms with E-state index in [2.05, 4.69) is 15.1 Å². The Morgan fingerprint density at radius 1 is 1.20 bits per heavy atom. The summed E-state index contributed by atoms with van der Waals surface area (Å²) >= 11 is 1.50. The van der Waals surface area contributed by atoms with Gasteiger partial charge in [0.15, 0.2) is 5.82 Å². The molecule has 132 valence electrons. The Bertz CT molecular complexity index is 842. The molecule has 0 radical (unpaired) electrons. The Kier molecular flexibility index (Phi) is 5.17. The van der Waals surface area contributed by atoms with Crippen molar-refractivity contribution < 1.29 is 8.91 Å². The van der Waals surface area contributed by atoms with E-state index in [-0.39, 0.29) is 18.2 Å². The molecule has 0 spiro atoms. The van der Waals surface area contributed by atoms with Gasteiger partial charge in [-0.2, -0.15) is 4.98 Å². The Hall–Kier alpha value is -1.83. The van der Waals surface area contributed by atoms with Gasteiger partial charge in [0.05, 0.1) is 16.7 Å². The Morgan fingerprint density at radius 3 is 2.64 bits per heavy atom. The lowest BCUT2D eigenvalue weighted by Gasteiger charge is -2.17. The molecule has 2 aromatic heterocycles. The SMILES string of the molecule is Cl.NC1(c2noc(-c3cnc(Cc4ccc(F)cc4)s3)n2)CCCC1. The van der Waals surface area contributed by atoms with Crippen LogP contribution in [0.1, 0.15) is 42.1 Å². The minimum absolute atomic E-state index is 0. The summed E-state index contributed by atoms with van der Waals surface area (Å²) < 4.78 is 18.3. The van der Waals surface area contributed by atoms with Gasteiger partial charge in [-0.05, 0) is 30.5 Å². The van der Waals surface area contributed by atoms with E-state index in [1.165, 1.54) is 23.5 Å². The van der Waals surface area contributed by atoms with Gasteiger partial charge in [0, 0.05) is 6.42 Å². The quantitative estimate of drug-likeness (QED) is 0.738. The lowest BCUT2D eigenvalue weighted by molar-refractivity contribution is 0.373. The van der Waals surface area contributed by atoms with Crippen LogP contribution < -0.4 is 5.73 Å². The number of rotatable bonds is 4. The van der Waals surface area contributed by atoms with Crippen molar-refractivity contribution in [3.05, 3.63) is 52.7 Å². The number of nitrogens with two attached hydrogens (primary N) is 1. The normalized spacial score (nSPS) is 15.9. The van der Waals surface area contributed by atoms with Gasteiger partial charge < -0.3 is 10.3 Å². The topological polar surface area (TPSA) is 77.8 Å². The average Bonchev–Trinajstić information content (AvgIpc) is 3.30. The van der Waals surface area contributed by atoms with Gasteiger partial charge in [-0.3, -0.25) is 0 Å². The molecule has 0 unspecified atom stereocenters. The molecule has 25 heavy (non-hydrogen) atoms. The van der Waals surface area contributed by atoms with Crippen molar-refractivity contribution in [3.8, 4) is 10.8 Å². The summed E-state index contributed by atoms with van der Waals surface area (Å²) in [5, 5.41) is 4.99. The van der Waals surface area contributed by atoms with E-state index in [0.717, 1.165) is 41.1 Å². The molecule has 2 N–H and O–H groups in total. The number of hydrogen-bond donors (Lipinski definition) is 1. The number of nitrogens with zero attached hydrogens (tertiary/aromatic N) is 3. The summed E-state index contributed by atoms with van der Waals surface area (Å²) in [5.41, 5.74) is 6.92. The van der Waals surface area contributed by atoms with Crippen LogP contribution in [0.3, 0.4) is 0 Å². The molecule has 8 heteroatoms. The second-order valence-corrected chi connectivity index (χ2v) is 7.32. The van der Waals surface area contributed by atoms with E-state index in [1.54, 1.807) is 18.3 Å². The predicted octanol–water partition coefficient (Wildman–Crippen LogP) is 4.07. The standard InChI is InChI=1S/C17H17FN4OS.ClH/c18-12-5-3-11(4-6-12)9-14-20-10-13(24-14)15-21-16(22-23-15)17(19)7-1-2-8-17;/h3-6,10H,1-2,7-9,19H2;1H. The lowest BCUT2D eigenvalue weighted by atomic mass is 9.99. The molecule has 1 aromatic carbocycles. The highest BCUT2D eigenvalue weighted by atomic mass is 35.5. The minimum atomic E-state index is -0.455. The summed E-state index contributed by atoms with van der Waals surface area (Å²) in [7, 11) is 0. The molecule has 4 rings (SSSR count). The number of hydrogen-bond acceptors (Lipinski definition) is 6. The van der Waals surface area contributed by atoms with E-state index in [9.17, 15) is 4.39 Å². The van der Waals surface area contributed by atoms with E-state index in [1.807, 2.05) is 0 Å². The number of halogens is 2. The van der Waals surface area contributed by atoms with E-state index >= 15 is 0 Å². The third-order valence-corrected chi connectivity index (χ3v) is 5.39. The highest BCUT2D eigenvalue weighted by Crippen LogP contribution is 2.36. The zero-order chi connectivity index (χ0) is 16.6. The van der Waals surface area contributed by atoms with E-state index in [0.29, 0.717) is 18.1 Å². The van der Waals surface area contributed by atoms with Crippen LogP contribution >= 0.6 is 23.7 Å². The molecule has 2 heterocycles. The summed E-state index contributed by atoms with van der Waals surface area (Å²) in [6.45, 7) is 0. The molecule has 1 aliphatic carbocycles. The first-order valence-corrected chi connectivity index (χ1v) is 8.77. The third kappa shape index (κ3) is 3.73. The smallest absolute Gasteiger partial charge is 0.269 e. The van der Waals surface area contributed by atoms with Crippen LogP contribution in [0.25, 0.3) is 10.8 Å². The number of thiazole rings is 1. The summed E-state index contributed by atoms with van der Waals surface area (Å²) in [5.74, 6) is 0.813. The second kappa shape index (κ2) is 7.19. The van der Waals surface area contributed by atoms with Crippen LogP contribution in [0, 0.1) is 5.82 Å². The van der Waals surface area contributed by atoms with Crippen LogP contribution in [0.4, 0.5) is 4.39 Å². The van der Waals surface area contributed by atoms with Crippen LogP contribution in [0.2, 0.25) is 0 Å². The first kappa shape index (κ1) is 18.0. The second-order valence-electron chi connectivity index (χ2n) is 6.21. The van der Waals surface area contributed by atoms with Crippen molar-refractivity contribution in [1.82, 2.24) is 15.1 Å². The number of aromatic nitrogens is 3. The van der Waals surface area contributed by atoms with Crippen molar-refractivity contribution in [1.29, 1.82) is 0 Å². The maximum atomic E-state index is 13.0. The Labute approximate surface area is 154 Å². The van der Waals surface area contributed by atoms with Crippen molar-refractivity contribution in [2.75, 3.05) is 0 Å². The molecule has 1 fully saturated rings. The average molecular weight is 381 g/mol. The van der Waals surface area contributed by atoms with Crippen LogP contribution in [0.5, 0.6) is 0 Å². The van der Waals surface area contributed by atoms with Crippen LogP contribution in [-0.4, -0.2) is 15.1 Å². The molecule has 5 nitrogen and oxygen atoms in total. The fraction of sp³-hybridized carbons (Fsp3) is 0.353. The van der Waals surface area contributed by atoms with Gasteiger partial charge >= 0.3 is 0 Å². The zero-order valence-electron chi connectivity index (χ0n) is 13.4. The van der Waals surface area contributed by atoms with Crippen molar-refractivity contribution in [2.24, 2.45) is 5.73 Å². The Balaban J connectivity index is 0.00000182. The first-order chi connectivity index (χ1) is 11.6. The largest absolute Gasteiger partial charge is 0.333 e. The monoisotopic (exact) mass is 380 g/mol. The van der Waals surface area contributed by atoms with Crippen molar-refractivity contribution in [2.45, 2.75) is 37.6 Å². The van der Waals surface area contributed by atoms with Gasteiger partial charge in [0.1, 0.15) is 10.7 Å². The van der Waals surface area contributed by atoms with Gasteiger partial charge in [0.25, 0.3) is 5.89 Å². The zero-order valence-corrected chi connectivity index (χ0v) is 15.1. The molecule has 3 aromatic rings. The highest BCUT2D eigenvalue weighted by Gasteiger charge is 2.36. The van der Waals surface area contributed by atoms with E-state index in [4.69, 9.17) is 10.3 Å². The fourth-order valence-corrected chi connectivity index (χ4v) is 3.90. The molecule has 0 saturated heterocycles. The highest BCUT2D eigenvalue weighted by molar-refractivity contribution is 7.15. The first-order valence-electron chi connectivity index (χ1n) is 7.95. The molecule has 0 aliphatic heterocycles. The molecular weight excluding hydrogens is 363 g/mol. The van der Waals surface area contributed by atoms with Crippen LogP contribution in [-0.2, 0) is 12.0 Å². The maximum Gasteiger partial charge on any atom is 0.269 e. The molecule has 0 atom stereocenters. The summed E-state index contributed by atoms with van der Waals surface area (Å²) in [4.78, 5) is 9.71. The van der Waals surface area contributed by atoms with Gasteiger partial charge in [0.2, 0.25) is 0 Å². The van der Waals surface area contributed by atoms with Gasteiger partial charge in [-0.25, -0.2) is 9.37 Å². The third-order valence-electron chi connectivity index (χ3n) is 4.40. The molecule has 1 aliphatic rings. The predicted molar refractivity (Wildman–Crippen MR) is 96.2 cm³/mol. The lowest BCUT2D eigenvalue weighted by Crippen LogP contribution is -2.34. The van der Waals surface area contributed by atoms with Crippen LogP contribution in [0.15, 0.2) is 35.0 Å². The molecule has 1 saturated carbocycles. The Morgan fingerprint density at radius 2 is 1.92 bits per heavy atom. The number of benzene rings is 1. The minimum Gasteiger partial charge on any atom is -0.333 e. The van der Waals surface area contributed by atoms with E-state index < -0.39 is 5.54 Å². The van der Waals surface area contributed by atoms with Crippen molar-refractivity contribution >= 4 is 23.7 Å². The van der Waals surface area contributed by atoms with Gasteiger partial charge in [-0.15, -0.1) is 23.7 Å². The molecule has 0 bridgehead atoms. The summed E-state index contributed by atoms with van der Waals surface area (Å²) in [6, 6.07) is 6.44. The van der Waals surface area contributed by atoms with Crippen molar-refractivity contribution in [3.63, 3.8) is 0 Å². The fourth-order valence-electron chi connectivity index (χ4n) is 3.02. The van der Waals surface area contributed by atoms with Gasteiger partial charge in [-0.1, -0.05) is 30.1 Å². The summed E-state index contributed by atoms with van der Waals surface area (Å²) in [6.07, 6.45) is 6.37. The molecular formula is C17H18ClFN4OS.